The Kier molecular flexibility index (Phi) is 4.18. The van der Waals surface area contributed by atoms with Gasteiger partial charge in [-0.05, 0) is 51.7 Å². The zero-order valence-electron chi connectivity index (χ0n) is 15.4. The Balaban J connectivity index is 1.84. The van der Waals surface area contributed by atoms with E-state index >= 15 is 0 Å². The standard InChI is InChI=1S/C20H27N3O2/c1-13-9-10-16-17(22(13)20(24)25-3)11-12-18-19(16)21-14(2)23(18)15-7-5-4-6-8-15/h11-13,15H,4-10H2,1-3H3/t13-/m0/s1. The molecule has 2 heterocycles. The fourth-order valence-electron chi connectivity index (χ4n) is 4.69. The fraction of sp³-hybridized carbons (Fsp3) is 0.600. The van der Waals surface area contributed by atoms with Crippen LogP contribution >= 0.6 is 0 Å². The Morgan fingerprint density at radius 3 is 2.68 bits per heavy atom. The second-order valence-electron chi connectivity index (χ2n) is 7.48. The van der Waals surface area contributed by atoms with Crippen molar-refractivity contribution < 1.29 is 9.53 Å². The van der Waals surface area contributed by atoms with Gasteiger partial charge in [0.15, 0.2) is 0 Å². The highest BCUT2D eigenvalue weighted by Gasteiger charge is 2.31. The van der Waals surface area contributed by atoms with Gasteiger partial charge in [0, 0.05) is 17.6 Å². The summed E-state index contributed by atoms with van der Waals surface area (Å²) in [5.41, 5.74) is 4.45. The highest BCUT2D eigenvalue weighted by molar-refractivity contribution is 5.95. The van der Waals surface area contributed by atoms with Crippen molar-refractivity contribution in [2.24, 2.45) is 0 Å². The topological polar surface area (TPSA) is 47.4 Å². The van der Waals surface area contributed by atoms with E-state index in [0.29, 0.717) is 6.04 Å². The van der Waals surface area contributed by atoms with E-state index in [-0.39, 0.29) is 12.1 Å². The van der Waals surface area contributed by atoms with Gasteiger partial charge in [-0.1, -0.05) is 19.3 Å². The lowest BCUT2D eigenvalue weighted by Crippen LogP contribution is -2.42. The molecule has 2 aromatic rings. The quantitative estimate of drug-likeness (QED) is 0.751. The monoisotopic (exact) mass is 341 g/mol. The van der Waals surface area contributed by atoms with E-state index in [0.717, 1.165) is 29.9 Å². The summed E-state index contributed by atoms with van der Waals surface area (Å²) in [6, 6.07) is 4.96. The van der Waals surface area contributed by atoms with E-state index in [9.17, 15) is 4.79 Å². The van der Waals surface area contributed by atoms with Crippen LogP contribution in [0.15, 0.2) is 12.1 Å². The molecule has 1 fully saturated rings. The van der Waals surface area contributed by atoms with Crippen molar-refractivity contribution in [3.8, 4) is 0 Å². The largest absolute Gasteiger partial charge is 0.452 e. The van der Waals surface area contributed by atoms with Gasteiger partial charge in [0.25, 0.3) is 0 Å². The maximum absolute atomic E-state index is 12.3. The first-order chi connectivity index (χ1) is 12.1. The second kappa shape index (κ2) is 6.36. The van der Waals surface area contributed by atoms with Crippen molar-refractivity contribution in [3.63, 3.8) is 0 Å². The number of hydrogen-bond acceptors (Lipinski definition) is 3. The van der Waals surface area contributed by atoms with Gasteiger partial charge in [-0.2, -0.15) is 0 Å². The molecule has 4 rings (SSSR count). The molecule has 134 valence electrons. The van der Waals surface area contributed by atoms with Crippen molar-refractivity contribution in [1.82, 2.24) is 9.55 Å². The van der Waals surface area contributed by atoms with Crippen LogP contribution in [0.4, 0.5) is 10.5 Å². The summed E-state index contributed by atoms with van der Waals surface area (Å²) >= 11 is 0. The van der Waals surface area contributed by atoms with Crippen LogP contribution in [0.25, 0.3) is 11.0 Å². The molecule has 1 aliphatic carbocycles. The lowest BCUT2D eigenvalue weighted by atomic mass is 9.94. The van der Waals surface area contributed by atoms with Gasteiger partial charge in [-0.25, -0.2) is 9.78 Å². The molecule has 0 saturated heterocycles. The first kappa shape index (κ1) is 16.4. The van der Waals surface area contributed by atoms with E-state index in [1.165, 1.54) is 50.3 Å². The number of nitrogens with zero attached hydrogens (tertiary/aromatic N) is 3. The van der Waals surface area contributed by atoms with E-state index in [1.54, 1.807) is 4.90 Å². The molecule has 5 nitrogen and oxygen atoms in total. The van der Waals surface area contributed by atoms with Crippen LogP contribution in [0.3, 0.4) is 0 Å². The molecule has 0 radical (unpaired) electrons. The number of aryl methyl sites for hydroxylation is 2. The molecule has 0 unspecified atom stereocenters. The minimum Gasteiger partial charge on any atom is -0.452 e. The number of ether oxygens (including phenoxy) is 1. The summed E-state index contributed by atoms with van der Waals surface area (Å²) in [6.07, 6.45) is 8.08. The van der Waals surface area contributed by atoms with Crippen molar-refractivity contribution >= 4 is 22.8 Å². The first-order valence-corrected chi connectivity index (χ1v) is 9.49. The molecular formula is C20H27N3O2. The average molecular weight is 341 g/mol. The highest BCUT2D eigenvalue weighted by atomic mass is 16.5. The molecule has 0 spiro atoms. The number of imidazole rings is 1. The zero-order chi connectivity index (χ0) is 17.6. The Hall–Kier alpha value is -2.04. The number of carbonyl (C=O) groups excluding carboxylic acids is 1. The highest BCUT2D eigenvalue weighted by Crippen LogP contribution is 2.39. The number of amides is 1. The Labute approximate surface area is 149 Å². The molecule has 2 aliphatic rings. The summed E-state index contributed by atoms with van der Waals surface area (Å²) in [5.74, 6) is 1.10. The molecule has 0 bridgehead atoms. The van der Waals surface area contributed by atoms with Crippen LogP contribution in [0.1, 0.15) is 62.9 Å². The summed E-state index contributed by atoms with van der Waals surface area (Å²) in [5, 5.41) is 0. The maximum Gasteiger partial charge on any atom is 0.414 e. The summed E-state index contributed by atoms with van der Waals surface area (Å²) in [7, 11) is 1.45. The average Bonchev–Trinajstić information content (AvgIpc) is 2.97. The van der Waals surface area contributed by atoms with Crippen molar-refractivity contribution in [2.75, 3.05) is 12.0 Å². The molecule has 25 heavy (non-hydrogen) atoms. The number of hydrogen-bond donors (Lipinski definition) is 0. The summed E-state index contributed by atoms with van der Waals surface area (Å²) < 4.78 is 7.45. The molecule has 0 N–H and O–H groups in total. The normalized spacial score (nSPS) is 21.4. The van der Waals surface area contributed by atoms with Gasteiger partial charge >= 0.3 is 6.09 Å². The van der Waals surface area contributed by atoms with Gasteiger partial charge in [0.1, 0.15) is 5.82 Å². The van der Waals surface area contributed by atoms with Gasteiger partial charge in [0.05, 0.1) is 23.8 Å². The lowest BCUT2D eigenvalue weighted by molar-refractivity contribution is 0.175. The van der Waals surface area contributed by atoms with Crippen LogP contribution in [-0.2, 0) is 11.2 Å². The van der Waals surface area contributed by atoms with Crippen LogP contribution in [0.5, 0.6) is 0 Å². The number of rotatable bonds is 1. The van der Waals surface area contributed by atoms with Crippen LogP contribution in [0, 0.1) is 6.92 Å². The molecule has 1 aliphatic heterocycles. The molecule has 1 amide bonds. The van der Waals surface area contributed by atoms with Gasteiger partial charge < -0.3 is 9.30 Å². The van der Waals surface area contributed by atoms with Gasteiger partial charge in [0.2, 0.25) is 0 Å². The molecule has 1 aromatic heterocycles. The number of carbonyl (C=O) groups is 1. The number of methoxy groups -OCH3 is 1. The van der Waals surface area contributed by atoms with E-state index < -0.39 is 0 Å². The van der Waals surface area contributed by atoms with Crippen molar-refractivity contribution in [2.45, 2.75) is 70.9 Å². The molecular weight excluding hydrogens is 314 g/mol. The molecule has 1 saturated carbocycles. The molecule has 5 heteroatoms. The van der Waals surface area contributed by atoms with E-state index in [4.69, 9.17) is 9.72 Å². The van der Waals surface area contributed by atoms with Gasteiger partial charge in [-0.3, -0.25) is 4.90 Å². The predicted molar refractivity (Wildman–Crippen MR) is 99.3 cm³/mol. The minimum atomic E-state index is -0.281. The Morgan fingerprint density at radius 1 is 1.20 bits per heavy atom. The molecule has 1 aromatic carbocycles. The summed E-state index contributed by atoms with van der Waals surface area (Å²) in [4.78, 5) is 19.0. The minimum absolute atomic E-state index is 0.152. The fourth-order valence-corrected chi connectivity index (χ4v) is 4.69. The third-order valence-electron chi connectivity index (χ3n) is 5.94. The summed E-state index contributed by atoms with van der Waals surface area (Å²) in [6.45, 7) is 4.19. The smallest absolute Gasteiger partial charge is 0.414 e. The first-order valence-electron chi connectivity index (χ1n) is 9.49. The third-order valence-corrected chi connectivity index (χ3v) is 5.94. The zero-order valence-corrected chi connectivity index (χ0v) is 15.4. The van der Waals surface area contributed by atoms with Crippen LogP contribution in [0.2, 0.25) is 0 Å². The van der Waals surface area contributed by atoms with Crippen molar-refractivity contribution in [3.05, 3.63) is 23.5 Å². The molecule has 1 atom stereocenters. The Morgan fingerprint density at radius 2 is 1.96 bits per heavy atom. The van der Waals surface area contributed by atoms with Gasteiger partial charge in [-0.15, -0.1) is 0 Å². The van der Waals surface area contributed by atoms with Crippen LogP contribution in [-0.4, -0.2) is 28.8 Å². The number of fused-ring (bicyclic) bond motifs is 3. The second-order valence-corrected chi connectivity index (χ2v) is 7.48. The maximum atomic E-state index is 12.3. The number of anilines is 1. The van der Waals surface area contributed by atoms with E-state index in [2.05, 4.69) is 30.5 Å². The van der Waals surface area contributed by atoms with Crippen molar-refractivity contribution in [1.29, 1.82) is 0 Å². The lowest BCUT2D eigenvalue weighted by Gasteiger charge is -2.34. The SMILES string of the molecule is COC(=O)N1c2ccc3c(nc(C)n3C3CCCCC3)c2CC[C@@H]1C. The number of benzene rings is 1. The predicted octanol–water partition coefficient (Wildman–Crippen LogP) is 4.76. The third kappa shape index (κ3) is 2.60. The number of aromatic nitrogens is 2. The Bertz CT molecular complexity index is 805. The van der Waals surface area contributed by atoms with E-state index in [1.807, 2.05) is 0 Å². The van der Waals surface area contributed by atoms with Crippen LogP contribution < -0.4 is 4.90 Å².